The van der Waals surface area contributed by atoms with Crippen molar-refractivity contribution in [1.82, 2.24) is 0 Å². The van der Waals surface area contributed by atoms with Gasteiger partial charge in [0.25, 0.3) is 0 Å². The smallest absolute Gasteiger partial charge is 0.0728 e. The minimum atomic E-state index is -0.715. The van der Waals surface area contributed by atoms with Crippen LogP contribution in [0.2, 0.25) is 0 Å². The SMILES string of the molecule is CC1(C)c2cc(-c3ccccc3)ccc2-c2ccc(N(c3ccccc3)c3ccccc3C3(c4ccccc4)c4ccccc4C4(c5ccccc5)c5ccccc5-c5cccc3c54)cc21. The first-order valence-electron chi connectivity index (χ1n) is 23.3. The van der Waals surface area contributed by atoms with Gasteiger partial charge in [-0.15, -0.1) is 0 Å². The quantitative estimate of drug-likeness (QED) is 0.155. The van der Waals surface area contributed by atoms with E-state index in [2.05, 4.69) is 267 Å². The Balaban J connectivity index is 1.09. The van der Waals surface area contributed by atoms with Crippen LogP contribution in [0.4, 0.5) is 17.1 Å². The molecule has 0 N–H and O–H groups in total. The number of nitrogens with zero attached hydrogens (tertiary/aromatic N) is 1. The Labute approximate surface area is 388 Å². The summed E-state index contributed by atoms with van der Waals surface area (Å²) in [6.07, 6.45) is 0. The molecule has 10 aromatic rings. The molecule has 2 atom stereocenters. The molecule has 0 radical (unpaired) electrons. The van der Waals surface area contributed by atoms with Gasteiger partial charge in [0.2, 0.25) is 0 Å². The average molecular weight is 842 g/mol. The molecule has 0 bridgehead atoms. The molecule has 1 nitrogen and oxygen atoms in total. The summed E-state index contributed by atoms with van der Waals surface area (Å²) in [4.78, 5) is 2.52. The lowest BCUT2D eigenvalue weighted by Gasteiger charge is -2.50. The highest BCUT2D eigenvalue weighted by molar-refractivity contribution is 5.94. The summed E-state index contributed by atoms with van der Waals surface area (Å²) in [5.74, 6) is 0. The van der Waals surface area contributed by atoms with Crippen LogP contribution in [0.3, 0.4) is 0 Å². The van der Waals surface area contributed by atoms with Gasteiger partial charge in [0.15, 0.2) is 0 Å². The largest absolute Gasteiger partial charge is 0.310 e. The van der Waals surface area contributed by atoms with Crippen molar-refractivity contribution in [3.05, 3.63) is 304 Å². The summed E-state index contributed by atoms with van der Waals surface area (Å²) < 4.78 is 0. The van der Waals surface area contributed by atoms with E-state index in [1.807, 2.05) is 0 Å². The van der Waals surface area contributed by atoms with Crippen LogP contribution in [0.25, 0.3) is 33.4 Å². The maximum Gasteiger partial charge on any atom is 0.0728 e. The minimum Gasteiger partial charge on any atom is -0.310 e. The van der Waals surface area contributed by atoms with Gasteiger partial charge in [-0.3, -0.25) is 0 Å². The third kappa shape index (κ3) is 5.17. The number of rotatable bonds is 7. The van der Waals surface area contributed by atoms with Crippen LogP contribution in [0, 0.1) is 0 Å². The molecular formula is C65H47N. The highest BCUT2D eigenvalue weighted by atomic mass is 15.1. The van der Waals surface area contributed by atoms with Gasteiger partial charge in [0.1, 0.15) is 0 Å². The lowest BCUT2D eigenvalue weighted by Crippen LogP contribution is -2.44. The van der Waals surface area contributed by atoms with Crippen LogP contribution < -0.4 is 4.90 Å². The van der Waals surface area contributed by atoms with Gasteiger partial charge >= 0.3 is 0 Å². The van der Waals surface area contributed by atoms with Gasteiger partial charge in [-0.2, -0.15) is 0 Å². The van der Waals surface area contributed by atoms with E-state index in [0.29, 0.717) is 0 Å². The fourth-order valence-electron chi connectivity index (χ4n) is 12.5. The van der Waals surface area contributed by atoms with Gasteiger partial charge in [0.05, 0.1) is 16.5 Å². The van der Waals surface area contributed by atoms with E-state index in [4.69, 9.17) is 0 Å². The van der Waals surface area contributed by atoms with Crippen molar-refractivity contribution in [1.29, 1.82) is 0 Å². The highest BCUT2D eigenvalue weighted by Crippen LogP contribution is 2.66. The normalized spacial score (nSPS) is 17.8. The monoisotopic (exact) mass is 841 g/mol. The second-order valence-corrected chi connectivity index (χ2v) is 18.7. The van der Waals surface area contributed by atoms with Crippen molar-refractivity contribution in [2.75, 3.05) is 4.90 Å². The number of hydrogen-bond acceptors (Lipinski definition) is 1. The Morgan fingerprint density at radius 2 is 0.773 bits per heavy atom. The fraction of sp³-hybridized carbons (Fsp3) is 0.0769. The van der Waals surface area contributed by atoms with Crippen molar-refractivity contribution in [3.63, 3.8) is 0 Å². The molecule has 0 spiro atoms. The first-order chi connectivity index (χ1) is 32.5. The van der Waals surface area contributed by atoms with E-state index < -0.39 is 10.8 Å². The molecule has 0 aromatic heterocycles. The summed E-state index contributed by atoms with van der Waals surface area (Å²) in [5, 5.41) is 0. The van der Waals surface area contributed by atoms with Crippen LogP contribution in [-0.4, -0.2) is 0 Å². The molecule has 2 unspecified atom stereocenters. The van der Waals surface area contributed by atoms with Crippen LogP contribution in [0.1, 0.15) is 69.5 Å². The Kier molecular flexibility index (Phi) is 8.45. The first-order valence-corrected chi connectivity index (χ1v) is 23.3. The summed E-state index contributed by atoms with van der Waals surface area (Å²) in [5.41, 5.74) is 22.7. The molecule has 3 aliphatic carbocycles. The molecule has 13 rings (SSSR count). The molecule has 0 saturated heterocycles. The molecular weight excluding hydrogens is 795 g/mol. The third-order valence-corrected chi connectivity index (χ3v) is 15.2. The van der Waals surface area contributed by atoms with E-state index >= 15 is 0 Å². The fourth-order valence-corrected chi connectivity index (χ4v) is 12.5. The molecule has 312 valence electrons. The number of hydrogen-bond donors (Lipinski definition) is 0. The van der Waals surface area contributed by atoms with Gasteiger partial charge in [0, 0.05) is 16.8 Å². The van der Waals surface area contributed by atoms with Crippen molar-refractivity contribution in [3.8, 4) is 33.4 Å². The maximum absolute atomic E-state index is 2.52. The van der Waals surface area contributed by atoms with Crippen molar-refractivity contribution >= 4 is 17.1 Å². The standard InChI is InChI=1S/C65H47N/c1-63(2)59-42-45(44-22-7-3-8-23-44)38-40-51(59)52-41-39-49(43-60(52)63)66(48-28-13-6-14-29-48)61-37-20-19-35-57(61)64(46-24-9-4-10-25-46)55-33-17-18-34-56(55)65(47-26-11-5-12-27-47)54-32-16-15-30-50(54)53-31-21-36-58(64)62(53)65/h3-43H,1-2H3. The highest BCUT2D eigenvalue weighted by Gasteiger charge is 2.58. The molecule has 0 aliphatic heterocycles. The summed E-state index contributed by atoms with van der Waals surface area (Å²) in [6, 6.07) is 93.4. The minimum absolute atomic E-state index is 0.221. The van der Waals surface area contributed by atoms with E-state index in [0.717, 1.165) is 17.1 Å². The van der Waals surface area contributed by atoms with E-state index in [-0.39, 0.29) is 5.41 Å². The topological polar surface area (TPSA) is 3.24 Å². The average Bonchev–Trinajstić information content (AvgIpc) is 3.81. The number of anilines is 3. The Hall–Kier alpha value is -8.00. The van der Waals surface area contributed by atoms with Crippen molar-refractivity contribution in [2.45, 2.75) is 30.1 Å². The van der Waals surface area contributed by atoms with E-state index in [1.165, 1.54) is 89.0 Å². The number of para-hydroxylation sites is 2. The van der Waals surface area contributed by atoms with Gasteiger partial charge < -0.3 is 4.90 Å². The van der Waals surface area contributed by atoms with E-state index in [9.17, 15) is 0 Å². The van der Waals surface area contributed by atoms with Crippen LogP contribution >= 0.6 is 0 Å². The molecule has 10 aromatic carbocycles. The third-order valence-electron chi connectivity index (χ3n) is 15.2. The maximum atomic E-state index is 2.52. The molecule has 0 saturated carbocycles. The van der Waals surface area contributed by atoms with Gasteiger partial charge in [-0.1, -0.05) is 226 Å². The molecule has 0 fully saturated rings. The predicted molar refractivity (Wildman–Crippen MR) is 273 cm³/mol. The number of fused-ring (bicyclic) bond motifs is 8. The molecule has 3 aliphatic rings. The van der Waals surface area contributed by atoms with Crippen molar-refractivity contribution < 1.29 is 0 Å². The number of benzene rings is 10. The zero-order valence-corrected chi connectivity index (χ0v) is 37.1. The summed E-state index contributed by atoms with van der Waals surface area (Å²) in [7, 11) is 0. The lowest BCUT2D eigenvalue weighted by atomic mass is 9.51. The van der Waals surface area contributed by atoms with Gasteiger partial charge in [-0.05, 0) is 125 Å². The zero-order chi connectivity index (χ0) is 44.0. The Morgan fingerprint density at radius 1 is 0.288 bits per heavy atom. The molecule has 1 heteroatoms. The molecule has 66 heavy (non-hydrogen) atoms. The lowest BCUT2D eigenvalue weighted by molar-refractivity contribution is 0.627. The van der Waals surface area contributed by atoms with Crippen LogP contribution in [-0.2, 0) is 16.2 Å². The van der Waals surface area contributed by atoms with Crippen LogP contribution in [0.5, 0.6) is 0 Å². The second-order valence-electron chi connectivity index (χ2n) is 18.7. The molecule has 0 heterocycles. The van der Waals surface area contributed by atoms with E-state index in [1.54, 1.807) is 0 Å². The predicted octanol–water partition coefficient (Wildman–Crippen LogP) is 16.2. The zero-order valence-electron chi connectivity index (χ0n) is 37.1. The first kappa shape index (κ1) is 38.5. The van der Waals surface area contributed by atoms with Crippen LogP contribution in [0.15, 0.2) is 249 Å². The van der Waals surface area contributed by atoms with Gasteiger partial charge in [-0.25, -0.2) is 0 Å². The molecule has 0 amide bonds. The second kappa shape index (κ2) is 14.5. The van der Waals surface area contributed by atoms with Crippen molar-refractivity contribution in [2.24, 2.45) is 0 Å². The summed E-state index contributed by atoms with van der Waals surface area (Å²) >= 11 is 0. The summed E-state index contributed by atoms with van der Waals surface area (Å²) in [6.45, 7) is 4.79. The Bertz CT molecular complexity index is 3500. The Morgan fingerprint density at radius 3 is 1.47 bits per heavy atom.